The SMILES string of the molecule is CC.CC.CC1=C(C)SC(=C2SC(C)=C(C)S2)S1. The Morgan fingerprint density at radius 1 is 0.444 bits per heavy atom. The fourth-order valence-electron chi connectivity index (χ4n) is 1.05. The molecule has 0 aromatic heterocycles. The first kappa shape index (κ1) is 18.6. The van der Waals surface area contributed by atoms with Crippen molar-refractivity contribution in [3.05, 3.63) is 28.1 Å². The predicted octanol–water partition coefficient (Wildman–Crippen LogP) is 7.63. The van der Waals surface area contributed by atoms with Crippen LogP contribution in [0.2, 0.25) is 0 Å². The number of hydrogen-bond acceptors (Lipinski definition) is 4. The highest BCUT2D eigenvalue weighted by Gasteiger charge is 2.23. The van der Waals surface area contributed by atoms with Gasteiger partial charge in [-0.05, 0) is 47.3 Å². The second-order valence-electron chi connectivity index (χ2n) is 3.21. The van der Waals surface area contributed by atoms with Crippen molar-refractivity contribution in [2.24, 2.45) is 0 Å². The highest BCUT2D eigenvalue weighted by Crippen LogP contribution is 2.59. The number of rotatable bonds is 0. The maximum Gasteiger partial charge on any atom is 0.0699 e. The van der Waals surface area contributed by atoms with E-state index >= 15 is 0 Å². The number of thioether (sulfide) groups is 4. The summed E-state index contributed by atoms with van der Waals surface area (Å²) in [4.78, 5) is 5.84. The van der Waals surface area contributed by atoms with E-state index in [0.717, 1.165) is 0 Å². The summed E-state index contributed by atoms with van der Waals surface area (Å²) < 4.78 is 2.96. The van der Waals surface area contributed by atoms with E-state index < -0.39 is 0 Å². The molecule has 4 heteroatoms. The molecule has 0 saturated carbocycles. The molecule has 104 valence electrons. The van der Waals surface area contributed by atoms with E-state index in [1.165, 1.54) is 28.1 Å². The molecule has 0 saturated heterocycles. The smallest absolute Gasteiger partial charge is 0.0699 e. The summed E-state index contributed by atoms with van der Waals surface area (Å²) in [7, 11) is 0. The van der Waals surface area contributed by atoms with Crippen LogP contribution in [0.15, 0.2) is 28.1 Å². The second kappa shape index (κ2) is 9.51. The van der Waals surface area contributed by atoms with Gasteiger partial charge in [0.25, 0.3) is 0 Å². The summed E-state index contributed by atoms with van der Waals surface area (Å²) in [6.07, 6.45) is 0. The highest BCUT2D eigenvalue weighted by atomic mass is 32.2. The molecule has 0 atom stereocenters. The molecule has 0 amide bonds. The molecule has 2 aliphatic rings. The van der Waals surface area contributed by atoms with Gasteiger partial charge in [-0.25, -0.2) is 0 Å². The quantitative estimate of drug-likeness (QED) is 0.449. The molecule has 0 aromatic carbocycles. The van der Waals surface area contributed by atoms with Gasteiger partial charge in [0, 0.05) is 0 Å². The largest absolute Gasteiger partial charge is 0.0849 e. The van der Waals surface area contributed by atoms with Gasteiger partial charge in [-0.15, -0.1) is 0 Å². The van der Waals surface area contributed by atoms with Crippen LogP contribution in [-0.2, 0) is 0 Å². The number of allylic oxidation sites excluding steroid dienone is 4. The first-order valence-electron chi connectivity index (χ1n) is 6.38. The molecule has 0 aromatic rings. The Bertz CT molecular complexity index is 307. The molecular weight excluding hydrogens is 296 g/mol. The Morgan fingerprint density at radius 2 is 0.611 bits per heavy atom. The molecule has 0 spiro atoms. The summed E-state index contributed by atoms with van der Waals surface area (Å²) in [6, 6.07) is 0. The minimum atomic E-state index is 1.46. The monoisotopic (exact) mass is 320 g/mol. The maximum absolute atomic E-state index is 2.21. The van der Waals surface area contributed by atoms with Crippen LogP contribution >= 0.6 is 47.0 Å². The zero-order valence-corrected chi connectivity index (χ0v) is 15.9. The van der Waals surface area contributed by atoms with Crippen molar-refractivity contribution in [2.75, 3.05) is 0 Å². The zero-order chi connectivity index (χ0) is 14.3. The van der Waals surface area contributed by atoms with Crippen molar-refractivity contribution < 1.29 is 0 Å². The lowest BCUT2D eigenvalue weighted by Gasteiger charge is -2.00. The molecule has 2 aliphatic heterocycles. The maximum atomic E-state index is 2.21. The van der Waals surface area contributed by atoms with Crippen LogP contribution in [-0.4, -0.2) is 0 Å². The second-order valence-corrected chi connectivity index (χ2v) is 8.62. The van der Waals surface area contributed by atoms with Gasteiger partial charge in [0.15, 0.2) is 0 Å². The van der Waals surface area contributed by atoms with E-state index in [4.69, 9.17) is 0 Å². The Hall–Kier alpha value is 0.620. The van der Waals surface area contributed by atoms with E-state index in [2.05, 4.69) is 27.7 Å². The Balaban J connectivity index is 0.000000659. The van der Waals surface area contributed by atoms with Crippen LogP contribution in [0.5, 0.6) is 0 Å². The van der Waals surface area contributed by atoms with E-state index in [1.807, 2.05) is 74.7 Å². The molecule has 0 fully saturated rings. The van der Waals surface area contributed by atoms with Crippen LogP contribution in [0.25, 0.3) is 0 Å². The predicted molar refractivity (Wildman–Crippen MR) is 96.8 cm³/mol. The van der Waals surface area contributed by atoms with Crippen molar-refractivity contribution in [3.63, 3.8) is 0 Å². The van der Waals surface area contributed by atoms with Crippen molar-refractivity contribution in [1.82, 2.24) is 0 Å². The van der Waals surface area contributed by atoms with Crippen molar-refractivity contribution in [3.8, 4) is 0 Å². The lowest BCUT2D eigenvalue weighted by molar-refractivity contribution is 1.50. The average Bonchev–Trinajstić information content (AvgIpc) is 2.89. The van der Waals surface area contributed by atoms with Gasteiger partial charge in [-0.1, -0.05) is 74.7 Å². The van der Waals surface area contributed by atoms with Gasteiger partial charge in [0.05, 0.1) is 8.47 Å². The van der Waals surface area contributed by atoms with Gasteiger partial charge in [-0.3, -0.25) is 0 Å². The van der Waals surface area contributed by atoms with Gasteiger partial charge in [0.2, 0.25) is 0 Å². The lowest BCUT2D eigenvalue weighted by atomic mass is 10.6. The molecule has 0 bridgehead atoms. The molecule has 0 aliphatic carbocycles. The molecule has 0 unspecified atom stereocenters. The third kappa shape index (κ3) is 4.95. The van der Waals surface area contributed by atoms with E-state index in [1.54, 1.807) is 0 Å². The fourth-order valence-corrected chi connectivity index (χ4v) is 6.41. The lowest BCUT2D eigenvalue weighted by Crippen LogP contribution is -1.66. The molecule has 0 N–H and O–H groups in total. The van der Waals surface area contributed by atoms with Gasteiger partial charge in [-0.2, -0.15) is 0 Å². The topological polar surface area (TPSA) is 0 Å². The van der Waals surface area contributed by atoms with Gasteiger partial charge in [0.1, 0.15) is 0 Å². The first-order valence-corrected chi connectivity index (χ1v) is 9.65. The fraction of sp³-hybridized carbons (Fsp3) is 0.571. The molecule has 0 nitrogen and oxygen atoms in total. The Labute approximate surface area is 130 Å². The van der Waals surface area contributed by atoms with Crippen LogP contribution in [0, 0.1) is 0 Å². The molecule has 0 radical (unpaired) electrons. The van der Waals surface area contributed by atoms with E-state index in [0.29, 0.717) is 0 Å². The Kier molecular flexibility index (Phi) is 9.84. The molecule has 18 heavy (non-hydrogen) atoms. The van der Waals surface area contributed by atoms with E-state index in [9.17, 15) is 0 Å². The van der Waals surface area contributed by atoms with Crippen LogP contribution in [0.1, 0.15) is 55.4 Å². The summed E-state index contributed by atoms with van der Waals surface area (Å²) in [5.74, 6) is 0. The van der Waals surface area contributed by atoms with Crippen molar-refractivity contribution in [1.29, 1.82) is 0 Å². The summed E-state index contributed by atoms with van der Waals surface area (Å²) >= 11 is 7.72. The minimum absolute atomic E-state index is 1.46. The normalized spacial score (nSPS) is 18.7. The molecular formula is C14H24S4. The molecule has 2 rings (SSSR count). The zero-order valence-electron chi connectivity index (χ0n) is 12.6. The van der Waals surface area contributed by atoms with Gasteiger partial charge >= 0.3 is 0 Å². The van der Waals surface area contributed by atoms with Crippen molar-refractivity contribution >= 4 is 47.0 Å². The first-order chi connectivity index (χ1) is 8.58. The molecule has 2 heterocycles. The summed E-state index contributed by atoms with van der Waals surface area (Å²) in [5, 5.41) is 0. The minimum Gasteiger partial charge on any atom is -0.0849 e. The van der Waals surface area contributed by atoms with Gasteiger partial charge < -0.3 is 0 Å². The third-order valence-corrected chi connectivity index (χ3v) is 7.92. The van der Waals surface area contributed by atoms with Crippen LogP contribution < -0.4 is 0 Å². The van der Waals surface area contributed by atoms with Crippen LogP contribution in [0.3, 0.4) is 0 Å². The standard InChI is InChI=1S/C10H12S4.2C2H6/c1-5-6(2)12-9(11-5)10-13-7(3)8(4)14-10;2*1-2/h1-4H3;2*1-2H3. The Morgan fingerprint density at radius 3 is 0.778 bits per heavy atom. The number of hydrogen-bond donors (Lipinski definition) is 0. The summed E-state index contributed by atoms with van der Waals surface area (Å²) in [5.41, 5.74) is 0. The van der Waals surface area contributed by atoms with E-state index in [-0.39, 0.29) is 0 Å². The highest BCUT2D eigenvalue weighted by molar-refractivity contribution is 8.34. The summed E-state index contributed by atoms with van der Waals surface area (Å²) in [6.45, 7) is 16.8. The third-order valence-electron chi connectivity index (χ3n) is 2.14. The average molecular weight is 321 g/mol. The van der Waals surface area contributed by atoms with Crippen LogP contribution in [0.4, 0.5) is 0 Å². The van der Waals surface area contributed by atoms with Crippen molar-refractivity contribution in [2.45, 2.75) is 55.4 Å².